The fourth-order valence-electron chi connectivity index (χ4n) is 2.16. The summed E-state index contributed by atoms with van der Waals surface area (Å²) in [6, 6.07) is 8.56. The summed E-state index contributed by atoms with van der Waals surface area (Å²) in [7, 11) is 1.77. The first-order valence-corrected chi connectivity index (χ1v) is 5.69. The third kappa shape index (κ3) is 1.74. The van der Waals surface area contributed by atoms with Gasteiger partial charge in [-0.05, 0) is 18.2 Å². The zero-order valence-corrected chi connectivity index (χ0v) is 10.1. The van der Waals surface area contributed by atoms with Crippen LogP contribution in [0.3, 0.4) is 0 Å². The van der Waals surface area contributed by atoms with Crippen molar-refractivity contribution in [2.45, 2.75) is 0 Å². The van der Waals surface area contributed by atoms with Gasteiger partial charge in [-0.25, -0.2) is 0 Å². The number of pyridine rings is 1. The third-order valence-corrected chi connectivity index (χ3v) is 3.01. The van der Waals surface area contributed by atoms with Crippen LogP contribution in [0.5, 0.6) is 0 Å². The van der Waals surface area contributed by atoms with E-state index in [1.165, 1.54) is 6.07 Å². The monoisotopic (exact) mass is 254 g/mol. The number of nitro groups is 1. The van der Waals surface area contributed by atoms with Gasteiger partial charge in [0.05, 0.1) is 10.4 Å². The highest BCUT2D eigenvalue weighted by Crippen LogP contribution is 2.33. The quantitative estimate of drug-likeness (QED) is 0.520. The van der Waals surface area contributed by atoms with Gasteiger partial charge in [0.2, 0.25) is 0 Å². The molecule has 0 bridgehead atoms. The van der Waals surface area contributed by atoms with Crippen molar-refractivity contribution < 1.29 is 4.92 Å². The van der Waals surface area contributed by atoms with Gasteiger partial charge in [-0.3, -0.25) is 19.8 Å². The van der Waals surface area contributed by atoms with Gasteiger partial charge < -0.3 is 0 Å². The molecule has 0 saturated heterocycles. The lowest BCUT2D eigenvalue weighted by molar-refractivity contribution is -0.383. The van der Waals surface area contributed by atoms with Gasteiger partial charge in [0.15, 0.2) is 0 Å². The van der Waals surface area contributed by atoms with Crippen LogP contribution in [0, 0.1) is 10.1 Å². The van der Waals surface area contributed by atoms with E-state index in [-0.39, 0.29) is 10.6 Å². The summed E-state index contributed by atoms with van der Waals surface area (Å²) in [4.78, 5) is 14.7. The van der Waals surface area contributed by atoms with Crippen LogP contribution in [-0.2, 0) is 7.05 Å². The number of fused-ring (bicyclic) bond motifs is 1. The Balaban J connectivity index is 2.40. The van der Waals surface area contributed by atoms with E-state index in [2.05, 4.69) is 10.1 Å². The van der Waals surface area contributed by atoms with E-state index in [0.29, 0.717) is 11.1 Å². The Morgan fingerprint density at radius 1 is 1.21 bits per heavy atom. The molecule has 0 aliphatic heterocycles. The highest BCUT2D eigenvalue weighted by atomic mass is 16.6. The van der Waals surface area contributed by atoms with Crippen LogP contribution in [-0.4, -0.2) is 19.7 Å². The highest BCUT2D eigenvalue weighted by Gasteiger charge is 2.20. The largest absolute Gasteiger partial charge is 0.281 e. The molecule has 0 amide bonds. The fourth-order valence-corrected chi connectivity index (χ4v) is 2.16. The molecule has 0 fully saturated rings. The molecule has 0 atom stereocenters. The number of nitro benzene ring substituents is 1. The van der Waals surface area contributed by atoms with Gasteiger partial charge in [0, 0.05) is 31.1 Å². The Kier molecular flexibility index (Phi) is 2.49. The zero-order chi connectivity index (χ0) is 13.4. The second kappa shape index (κ2) is 4.16. The Hall–Kier alpha value is -2.76. The van der Waals surface area contributed by atoms with Crippen molar-refractivity contribution in [1.29, 1.82) is 0 Å². The number of aromatic nitrogens is 3. The summed E-state index contributed by atoms with van der Waals surface area (Å²) in [6.45, 7) is 0. The number of rotatable bonds is 2. The molecule has 0 radical (unpaired) electrons. The van der Waals surface area contributed by atoms with Crippen molar-refractivity contribution in [3.63, 3.8) is 0 Å². The lowest BCUT2D eigenvalue weighted by atomic mass is 10.1. The predicted octanol–water partition coefficient (Wildman–Crippen LogP) is 2.54. The number of nitrogens with zero attached hydrogens (tertiary/aromatic N) is 4. The van der Waals surface area contributed by atoms with Crippen molar-refractivity contribution in [3.05, 3.63) is 52.8 Å². The topological polar surface area (TPSA) is 73.8 Å². The summed E-state index contributed by atoms with van der Waals surface area (Å²) in [6.07, 6.45) is 3.29. The summed E-state index contributed by atoms with van der Waals surface area (Å²) in [5, 5.41) is 16.1. The molecular formula is C13H10N4O2. The Bertz CT molecular complexity index is 765. The van der Waals surface area contributed by atoms with Gasteiger partial charge in [0.25, 0.3) is 5.69 Å². The van der Waals surface area contributed by atoms with E-state index < -0.39 is 0 Å². The average Bonchev–Trinajstić information content (AvgIpc) is 2.77. The maximum atomic E-state index is 11.2. The van der Waals surface area contributed by atoms with E-state index in [1.54, 1.807) is 42.3 Å². The van der Waals surface area contributed by atoms with Crippen LogP contribution >= 0.6 is 0 Å². The van der Waals surface area contributed by atoms with E-state index in [9.17, 15) is 10.1 Å². The molecule has 2 aromatic heterocycles. The van der Waals surface area contributed by atoms with Gasteiger partial charge in [-0.1, -0.05) is 6.07 Å². The molecule has 19 heavy (non-hydrogen) atoms. The summed E-state index contributed by atoms with van der Waals surface area (Å²) in [5.74, 6) is 0. The molecule has 0 spiro atoms. The van der Waals surface area contributed by atoms with E-state index >= 15 is 0 Å². The summed E-state index contributed by atoms with van der Waals surface area (Å²) < 4.78 is 1.65. The Morgan fingerprint density at radius 2 is 1.95 bits per heavy atom. The molecule has 6 nitrogen and oxygen atoms in total. The van der Waals surface area contributed by atoms with Crippen molar-refractivity contribution >= 4 is 16.6 Å². The van der Waals surface area contributed by atoms with Crippen LogP contribution < -0.4 is 0 Å². The summed E-state index contributed by atoms with van der Waals surface area (Å²) >= 11 is 0. The lowest BCUT2D eigenvalue weighted by Crippen LogP contribution is -1.90. The minimum atomic E-state index is -0.380. The molecule has 0 saturated carbocycles. The molecule has 0 unspecified atom stereocenters. The summed E-state index contributed by atoms with van der Waals surface area (Å²) in [5.41, 5.74) is 2.22. The van der Waals surface area contributed by atoms with Crippen molar-refractivity contribution in [2.24, 2.45) is 7.05 Å². The van der Waals surface area contributed by atoms with Gasteiger partial charge in [-0.2, -0.15) is 5.10 Å². The third-order valence-electron chi connectivity index (χ3n) is 3.01. The Morgan fingerprint density at radius 3 is 2.63 bits per heavy atom. The first-order chi connectivity index (χ1) is 9.18. The van der Waals surface area contributed by atoms with Crippen molar-refractivity contribution in [1.82, 2.24) is 14.8 Å². The van der Waals surface area contributed by atoms with Gasteiger partial charge in [-0.15, -0.1) is 0 Å². The Labute approximate surface area is 108 Å². The fraction of sp³-hybridized carbons (Fsp3) is 0.0769. The molecule has 2 heterocycles. The second-order valence-corrected chi connectivity index (χ2v) is 4.14. The minimum absolute atomic E-state index is 0.0670. The molecule has 1 aromatic carbocycles. The number of hydrogen-bond acceptors (Lipinski definition) is 4. The number of hydrogen-bond donors (Lipinski definition) is 0. The molecule has 0 aliphatic carbocycles. The maximum absolute atomic E-state index is 11.2. The number of benzene rings is 1. The number of non-ortho nitro benzene ring substituents is 1. The zero-order valence-electron chi connectivity index (χ0n) is 10.1. The van der Waals surface area contributed by atoms with E-state index in [0.717, 1.165) is 11.1 Å². The standard InChI is InChI=1S/C13H10N4O2/c1-16-10-3-2-4-11(17(18)19)12(10)13(15-16)9-5-7-14-8-6-9/h2-8H,1H3. The van der Waals surface area contributed by atoms with Gasteiger partial charge >= 0.3 is 0 Å². The molecule has 94 valence electrons. The molecule has 0 N–H and O–H groups in total. The first-order valence-electron chi connectivity index (χ1n) is 5.69. The van der Waals surface area contributed by atoms with Crippen LogP contribution in [0.15, 0.2) is 42.7 Å². The smallest absolute Gasteiger partial charge is 0.267 e. The van der Waals surface area contributed by atoms with Gasteiger partial charge in [0.1, 0.15) is 11.1 Å². The second-order valence-electron chi connectivity index (χ2n) is 4.14. The SMILES string of the molecule is Cn1nc(-c2ccncc2)c2c([N+](=O)[O-])cccc21. The highest BCUT2D eigenvalue weighted by molar-refractivity contribution is 5.99. The van der Waals surface area contributed by atoms with Crippen molar-refractivity contribution in [3.8, 4) is 11.3 Å². The van der Waals surface area contributed by atoms with E-state index in [1.807, 2.05) is 6.07 Å². The van der Waals surface area contributed by atoms with Crippen LogP contribution in [0.25, 0.3) is 22.2 Å². The molecule has 3 aromatic rings. The lowest BCUT2D eigenvalue weighted by Gasteiger charge is -1.98. The van der Waals surface area contributed by atoms with Crippen LogP contribution in [0.4, 0.5) is 5.69 Å². The normalized spacial score (nSPS) is 10.8. The molecule has 3 rings (SSSR count). The van der Waals surface area contributed by atoms with E-state index in [4.69, 9.17) is 0 Å². The van der Waals surface area contributed by atoms with Crippen LogP contribution in [0.1, 0.15) is 0 Å². The molecule has 6 heteroatoms. The predicted molar refractivity (Wildman–Crippen MR) is 70.6 cm³/mol. The maximum Gasteiger partial charge on any atom is 0.281 e. The molecular weight excluding hydrogens is 244 g/mol. The first kappa shape index (κ1) is 11.3. The van der Waals surface area contributed by atoms with Crippen molar-refractivity contribution in [2.75, 3.05) is 0 Å². The van der Waals surface area contributed by atoms with Crippen LogP contribution in [0.2, 0.25) is 0 Å². The molecule has 0 aliphatic rings. The minimum Gasteiger partial charge on any atom is -0.267 e. The number of aryl methyl sites for hydroxylation is 1. The average molecular weight is 254 g/mol.